The predicted octanol–water partition coefficient (Wildman–Crippen LogP) is -1.14. The molecule has 6 nitrogen and oxygen atoms in total. The number of amides is 1. The van der Waals surface area contributed by atoms with Crippen LogP contribution in [0.25, 0.3) is 0 Å². The first kappa shape index (κ1) is 13.9. The second-order valence-electron chi connectivity index (χ2n) is 3.65. The Morgan fingerprint density at radius 3 is 2.53 bits per heavy atom. The van der Waals surface area contributed by atoms with Gasteiger partial charge in [0.2, 0.25) is 5.91 Å². The maximum Gasteiger partial charge on any atom is 0.305 e. The number of aliphatic carboxylic acids is 1. The summed E-state index contributed by atoms with van der Waals surface area (Å²) in [5.74, 6) is -1.47. The van der Waals surface area contributed by atoms with E-state index < -0.39 is 17.9 Å². The fourth-order valence-corrected chi connectivity index (χ4v) is 1.02. The predicted molar refractivity (Wildman–Crippen MR) is 56.4 cm³/mol. The van der Waals surface area contributed by atoms with Crippen molar-refractivity contribution in [3.05, 3.63) is 0 Å². The third-order valence-electron chi connectivity index (χ3n) is 1.81. The van der Waals surface area contributed by atoms with Crippen molar-refractivity contribution in [2.24, 2.45) is 5.73 Å². The van der Waals surface area contributed by atoms with Gasteiger partial charge in [-0.2, -0.15) is 0 Å². The van der Waals surface area contributed by atoms with Crippen molar-refractivity contribution in [3.63, 3.8) is 0 Å². The molecule has 6 heteroatoms. The number of nitrogens with one attached hydrogen (secondary N) is 1. The highest BCUT2D eigenvalue weighted by molar-refractivity contribution is 5.85. The number of carbonyl (C=O) groups is 2. The fourth-order valence-electron chi connectivity index (χ4n) is 1.02. The second-order valence-corrected chi connectivity index (χ2v) is 3.65. The molecule has 0 aliphatic heterocycles. The summed E-state index contributed by atoms with van der Waals surface area (Å²) in [6.45, 7) is 1.39. The highest BCUT2D eigenvalue weighted by Gasteiger charge is 2.15. The van der Waals surface area contributed by atoms with E-state index in [4.69, 9.17) is 10.8 Å². The Kier molecular flexibility index (Phi) is 6.64. The van der Waals surface area contributed by atoms with Crippen molar-refractivity contribution < 1.29 is 14.7 Å². The molecule has 0 aromatic carbocycles. The lowest BCUT2D eigenvalue weighted by Gasteiger charge is -2.12. The van der Waals surface area contributed by atoms with Crippen LogP contribution in [0.5, 0.6) is 0 Å². The molecule has 0 radical (unpaired) electrons. The molecule has 0 aromatic heterocycles. The van der Waals surface area contributed by atoms with Gasteiger partial charge in [0, 0.05) is 6.54 Å². The van der Waals surface area contributed by atoms with Gasteiger partial charge in [-0.25, -0.2) is 0 Å². The summed E-state index contributed by atoms with van der Waals surface area (Å²) in [6, 6.07) is -0.957. The number of hydrogen-bond donors (Lipinski definition) is 3. The summed E-state index contributed by atoms with van der Waals surface area (Å²) < 4.78 is 0. The van der Waals surface area contributed by atoms with Crippen LogP contribution in [0.3, 0.4) is 0 Å². The quantitative estimate of drug-likeness (QED) is 0.468. The molecule has 0 aliphatic rings. The zero-order valence-corrected chi connectivity index (χ0v) is 9.19. The van der Waals surface area contributed by atoms with E-state index in [2.05, 4.69) is 5.32 Å². The zero-order valence-electron chi connectivity index (χ0n) is 9.19. The van der Waals surface area contributed by atoms with Gasteiger partial charge in [0.25, 0.3) is 0 Å². The first-order valence-electron chi connectivity index (χ1n) is 4.83. The van der Waals surface area contributed by atoms with Gasteiger partial charge in [0.1, 0.15) is 0 Å². The summed E-state index contributed by atoms with van der Waals surface area (Å²) in [4.78, 5) is 23.5. The number of hydrogen-bond acceptors (Lipinski definition) is 4. The standard InChI is InChI=1S/C9H19N3O3/c1-12(2)5-3-4-11-9(15)7(10)6-8(13)14/h7H,3-6,10H2,1-2H3,(H,11,15)(H,13,14). The monoisotopic (exact) mass is 217 g/mol. The van der Waals surface area contributed by atoms with Crippen LogP contribution in [-0.4, -0.2) is 55.1 Å². The van der Waals surface area contributed by atoms with E-state index in [1.54, 1.807) is 0 Å². The number of carboxylic acids is 1. The van der Waals surface area contributed by atoms with Crippen LogP contribution in [0.15, 0.2) is 0 Å². The molecule has 0 aliphatic carbocycles. The molecule has 0 aromatic rings. The van der Waals surface area contributed by atoms with Gasteiger partial charge >= 0.3 is 5.97 Å². The van der Waals surface area contributed by atoms with Gasteiger partial charge in [-0.3, -0.25) is 9.59 Å². The first-order valence-corrected chi connectivity index (χ1v) is 4.83. The lowest BCUT2D eigenvalue weighted by atomic mass is 10.2. The SMILES string of the molecule is CN(C)CCCNC(=O)C(N)CC(=O)O. The largest absolute Gasteiger partial charge is 0.481 e. The van der Waals surface area contributed by atoms with Gasteiger partial charge in [0.15, 0.2) is 0 Å². The van der Waals surface area contributed by atoms with Crippen molar-refractivity contribution in [2.45, 2.75) is 18.9 Å². The van der Waals surface area contributed by atoms with E-state index in [-0.39, 0.29) is 6.42 Å². The summed E-state index contributed by atoms with van der Waals surface area (Å²) in [7, 11) is 3.88. The maximum absolute atomic E-state index is 11.2. The number of carbonyl (C=O) groups excluding carboxylic acids is 1. The maximum atomic E-state index is 11.2. The average molecular weight is 217 g/mol. The van der Waals surface area contributed by atoms with Crippen LogP contribution < -0.4 is 11.1 Å². The number of nitrogens with two attached hydrogens (primary N) is 1. The van der Waals surface area contributed by atoms with Crippen LogP contribution in [0.4, 0.5) is 0 Å². The van der Waals surface area contributed by atoms with Gasteiger partial charge in [-0.05, 0) is 27.1 Å². The summed E-state index contributed by atoms with van der Waals surface area (Å²) in [5.41, 5.74) is 5.36. The van der Waals surface area contributed by atoms with E-state index in [0.29, 0.717) is 6.54 Å². The highest BCUT2D eigenvalue weighted by atomic mass is 16.4. The molecule has 0 heterocycles. The molecule has 0 rings (SSSR count). The Balaban J connectivity index is 3.60. The normalized spacial score (nSPS) is 12.5. The molecule has 1 unspecified atom stereocenters. The average Bonchev–Trinajstić information content (AvgIpc) is 2.10. The van der Waals surface area contributed by atoms with Crippen molar-refractivity contribution in [1.82, 2.24) is 10.2 Å². The van der Waals surface area contributed by atoms with Crippen molar-refractivity contribution >= 4 is 11.9 Å². The molecule has 0 fully saturated rings. The number of nitrogens with zero attached hydrogens (tertiary/aromatic N) is 1. The zero-order chi connectivity index (χ0) is 11.8. The minimum absolute atomic E-state index is 0.334. The van der Waals surface area contributed by atoms with Gasteiger partial charge in [0.05, 0.1) is 12.5 Å². The summed E-state index contributed by atoms with van der Waals surface area (Å²) in [5, 5.41) is 11.0. The van der Waals surface area contributed by atoms with Crippen LogP contribution in [-0.2, 0) is 9.59 Å². The summed E-state index contributed by atoms with van der Waals surface area (Å²) >= 11 is 0. The molecule has 0 saturated carbocycles. The first-order chi connectivity index (χ1) is 6.93. The Hall–Kier alpha value is -1.14. The van der Waals surface area contributed by atoms with Crippen LogP contribution in [0, 0.1) is 0 Å². The van der Waals surface area contributed by atoms with Gasteiger partial charge in [-0.15, -0.1) is 0 Å². The Labute approximate surface area is 89.4 Å². The molecule has 4 N–H and O–H groups in total. The molecule has 0 saturated heterocycles. The van der Waals surface area contributed by atoms with E-state index >= 15 is 0 Å². The molecule has 0 spiro atoms. The lowest BCUT2D eigenvalue weighted by molar-refractivity contribution is -0.139. The van der Waals surface area contributed by atoms with Crippen LogP contribution in [0.1, 0.15) is 12.8 Å². The number of carboxylic acid groups (broad SMARTS) is 1. The Morgan fingerprint density at radius 2 is 2.07 bits per heavy atom. The van der Waals surface area contributed by atoms with Crippen molar-refractivity contribution in [3.8, 4) is 0 Å². The third-order valence-corrected chi connectivity index (χ3v) is 1.81. The van der Waals surface area contributed by atoms with Crippen LogP contribution >= 0.6 is 0 Å². The molecule has 1 amide bonds. The van der Waals surface area contributed by atoms with E-state index in [1.807, 2.05) is 19.0 Å². The van der Waals surface area contributed by atoms with Crippen LogP contribution in [0.2, 0.25) is 0 Å². The molecular formula is C9H19N3O3. The lowest BCUT2D eigenvalue weighted by Crippen LogP contribution is -2.42. The van der Waals surface area contributed by atoms with Crippen molar-refractivity contribution in [1.29, 1.82) is 0 Å². The molecular weight excluding hydrogens is 198 g/mol. The summed E-state index contributed by atoms with van der Waals surface area (Å²) in [6.07, 6.45) is 0.484. The molecule has 1 atom stereocenters. The topological polar surface area (TPSA) is 95.7 Å². The Morgan fingerprint density at radius 1 is 1.47 bits per heavy atom. The van der Waals surface area contributed by atoms with Gasteiger partial charge < -0.3 is 21.1 Å². The number of rotatable bonds is 7. The smallest absolute Gasteiger partial charge is 0.305 e. The highest BCUT2D eigenvalue weighted by Crippen LogP contribution is 1.89. The molecule has 0 bridgehead atoms. The van der Waals surface area contributed by atoms with E-state index in [1.165, 1.54) is 0 Å². The van der Waals surface area contributed by atoms with Gasteiger partial charge in [-0.1, -0.05) is 0 Å². The van der Waals surface area contributed by atoms with Crippen molar-refractivity contribution in [2.75, 3.05) is 27.2 Å². The van der Waals surface area contributed by atoms with E-state index in [0.717, 1.165) is 13.0 Å². The van der Waals surface area contributed by atoms with E-state index in [9.17, 15) is 9.59 Å². The molecule has 88 valence electrons. The molecule has 15 heavy (non-hydrogen) atoms. The fraction of sp³-hybridized carbons (Fsp3) is 0.778. The minimum atomic E-state index is -1.06. The minimum Gasteiger partial charge on any atom is -0.481 e. The third kappa shape index (κ3) is 7.90. The second kappa shape index (κ2) is 7.19. The Bertz CT molecular complexity index is 219.